The van der Waals surface area contributed by atoms with Crippen LogP contribution in [0.4, 0.5) is 0 Å². The van der Waals surface area contributed by atoms with E-state index in [0.29, 0.717) is 11.3 Å². The summed E-state index contributed by atoms with van der Waals surface area (Å²) in [5.74, 6) is 0.603. The number of carbonyl (C=O) groups is 1. The molecule has 1 aliphatic rings. The number of carbonyl (C=O) groups excluding carboxylic acids is 1. The van der Waals surface area contributed by atoms with Crippen molar-refractivity contribution in [2.24, 2.45) is 0 Å². The average molecular weight is 352 g/mol. The molecule has 4 nitrogen and oxygen atoms in total. The zero-order chi connectivity index (χ0) is 18.9. The molecular formula is C21H25BO4. The minimum Gasteiger partial charge on any atom is -0.485 e. The molecule has 1 aliphatic heterocycles. The van der Waals surface area contributed by atoms with E-state index in [1.807, 2.05) is 83.1 Å². The molecule has 0 bridgehead atoms. The lowest BCUT2D eigenvalue weighted by atomic mass is 9.79. The lowest BCUT2D eigenvalue weighted by Crippen LogP contribution is -2.41. The zero-order valence-corrected chi connectivity index (χ0v) is 16.0. The van der Waals surface area contributed by atoms with E-state index in [2.05, 4.69) is 0 Å². The highest BCUT2D eigenvalue weighted by Crippen LogP contribution is 2.36. The molecule has 2 aromatic carbocycles. The van der Waals surface area contributed by atoms with Gasteiger partial charge in [0, 0.05) is 5.56 Å². The summed E-state index contributed by atoms with van der Waals surface area (Å²) in [6.07, 6.45) is 0. The Kier molecular flexibility index (Phi) is 4.95. The summed E-state index contributed by atoms with van der Waals surface area (Å²) in [4.78, 5) is 12.2. The van der Waals surface area contributed by atoms with Crippen LogP contribution in [-0.2, 0) is 9.31 Å². The molecule has 0 amide bonds. The molecule has 1 saturated heterocycles. The molecule has 3 rings (SSSR count). The van der Waals surface area contributed by atoms with Crippen molar-refractivity contribution >= 4 is 18.4 Å². The maximum absolute atomic E-state index is 12.2. The molecule has 1 heterocycles. The summed E-state index contributed by atoms with van der Waals surface area (Å²) in [5.41, 5.74) is 1.98. The Labute approximate surface area is 155 Å². The molecule has 0 aliphatic carbocycles. The molecule has 26 heavy (non-hydrogen) atoms. The largest absolute Gasteiger partial charge is 0.494 e. The van der Waals surface area contributed by atoms with Crippen molar-refractivity contribution in [2.45, 2.75) is 45.8 Å². The van der Waals surface area contributed by atoms with Gasteiger partial charge in [0.15, 0.2) is 12.4 Å². The minimum absolute atomic E-state index is 0.0128. The van der Waals surface area contributed by atoms with Crippen LogP contribution < -0.4 is 10.2 Å². The number of hydrogen-bond acceptors (Lipinski definition) is 4. The summed E-state index contributed by atoms with van der Waals surface area (Å²) in [7, 11) is -0.400. The molecule has 0 aromatic heterocycles. The number of ketones is 1. The second-order valence-corrected chi connectivity index (χ2v) is 7.74. The number of ether oxygens (including phenoxy) is 1. The van der Waals surface area contributed by atoms with Gasteiger partial charge < -0.3 is 14.0 Å². The SMILES string of the molecule is Cc1ccc(C(=O)COc2ccc(B3OC(C)(C)C(C)(C)O3)cc2)cc1. The van der Waals surface area contributed by atoms with E-state index in [4.69, 9.17) is 14.0 Å². The van der Waals surface area contributed by atoms with Gasteiger partial charge in [-0.25, -0.2) is 0 Å². The highest BCUT2D eigenvalue weighted by atomic mass is 16.7. The van der Waals surface area contributed by atoms with Crippen molar-refractivity contribution in [3.05, 3.63) is 59.7 Å². The van der Waals surface area contributed by atoms with Gasteiger partial charge in [0.05, 0.1) is 11.2 Å². The normalized spacial score (nSPS) is 18.0. The summed E-state index contributed by atoms with van der Waals surface area (Å²) in [6, 6.07) is 15.0. The minimum atomic E-state index is -0.400. The van der Waals surface area contributed by atoms with Gasteiger partial charge in [-0.15, -0.1) is 0 Å². The molecule has 5 heteroatoms. The van der Waals surface area contributed by atoms with E-state index in [1.54, 1.807) is 0 Å². The van der Waals surface area contributed by atoms with Gasteiger partial charge in [-0.05, 0) is 52.2 Å². The lowest BCUT2D eigenvalue weighted by Gasteiger charge is -2.32. The van der Waals surface area contributed by atoms with E-state index in [0.717, 1.165) is 11.0 Å². The highest BCUT2D eigenvalue weighted by molar-refractivity contribution is 6.62. The van der Waals surface area contributed by atoms with Crippen LogP contribution in [0.2, 0.25) is 0 Å². The van der Waals surface area contributed by atoms with Crippen molar-refractivity contribution < 1.29 is 18.8 Å². The molecular weight excluding hydrogens is 327 g/mol. The van der Waals surface area contributed by atoms with Crippen LogP contribution in [-0.4, -0.2) is 30.7 Å². The predicted octanol–water partition coefficient (Wildman–Crippen LogP) is 3.56. The Balaban J connectivity index is 1.60. The van der Waals surface area contributed by atoms with Crippen LogP contribution in [0.15, 0.2) is 48.5 Å². The lowest BCUT2D eigenvalue weighted by molar-refractivity contribution is 0.00578. The van der Waals surface area contributed by atoms with Crippen molar-refractivity contribution in [1.29, 1.82) is 0 Å². The van der Waals surface area contributed by atoms with E-state index >= 15 is 0 Å². The summed E-state index contributed by atoms with van der Waals surface area (Å²) in [5, 5.41) is 0. The van der Waals surface area contributed by atoms with E-state index < -0.39 is 7.12 Å². The molecule has 0 radical (unpaired) electrons. The monoisotopic (exact) mass is 352 g/mol. The molecule has 0 spiro atoms. The van der Waals surface area contributed by atoms with Crippen LogP contribution in [0, 0.1) is 6.92 Å². The fraction of sp³-hybridized carbons (Fsp3) is 0.381. The average Bonchev–Trinajstić information content (AvgIpc) is 2.81. The first-order valence-corrected chi connectivity index (χ1v) is 8.86. The zero-order valence-electron chi connectivity index (χ0n) is 16.0. The third-order valence-corrected chi connectivity index (χ3v) is 5.15. The van der Waals surface area contributed by atoms with Gasteiger partial charge in [0.2, 0.25) is 0 Å². The fourth-order valence-electron chi connectivity index (χ4n) is 2.67. The summed E-state index contributed by atoms with van der Waals surface area (Å²) < 4.78 is 17.7. The fourth-order valence-corrected chi connectivity index (χ4v) is 2.67. The van der Waals surface area contributed by atoms with E-state index in [-0.39, 0.29) is 23.6 Å². The smallest absolute Gasteiger partial charge is 0.485 e. The Morgan fingerprint density at radius 3 is 2.00 bits per heavy atom. The first-order chi connectivity index (χ1) is 12.2. The van der Waals surface area contributed by atoms with Crippen molar-refractivity contribution in [1.82, 2.24) is 0 Å². The summed E-state index contributed by atoms with van der Waals surface area (Å²) in [6.45, 7) is 10.1. The molecule has 2 aromatic rings. The number of benzene rings is 2. The van der Waals surface area contributed by atoms with Crippen LogP contribution in [0.1, 0.15) is 43.6 Å². The van der Waals surface area contributed by atoms with Gasteiger partial charge in [-0.3, -0.25) is 4.79 Å². The third-order valence-electron chi connectivity index (χ3n) is 5.15. The molecule has 1 fully saturated rings. The van der Waals surface area contributed by atoms with Crippen LogP contribution in [0.3, 0.4) is 0 Å². The van der Waals surface area contributed by atoms with Crippen LogP contribution in [0.5, 0.6) is 5.75 Å². The number of Topliss-reactive ketones (excluding diaryl/α,β-unsaturated/α-hetero) is 1. The van der Waals surface area contributed by atoms with Gasteiger partial charge >= 0.3 is 7.12 Å². The Morgan fingerprint density at radius 1 is 0.923 bits per heavy atom. The highest BCUT2D eigenvalue weighted by Gasteiger charge is 2.51. The predicted molar refractivity (Wildman–Crippen MR) is 103 cm³/mol. The Bertz CT molecular complexity index is 763. The van der Waals surface area contributed by atoms with Crippen molar-refractivity contribution in [2.75, 3.05) is 6.61 Å². The van der Waals surface area contributed by atoms with Gasteiger partial charge in [-0.2, -0.15) is 0 Å². The van der Waals surface area contributed by atoms with E-state index in [1.165, 1.54) is 0 Å². The number of hydrogen-bond donors (Lipinski definition) is 0. The topological polar surface area (TPSA) is 44.8 Å². The molecule has 136 valence electrons. The molecule has 0 atom stereocenters. The van der Waals surface area contributed by atoms with Gasteiger partial charge in [0.1, 0.15) is 5.75 Å². The standard InChI is InChI=1S/C21H25BO4/c1-15-6-8-16(9-7-15)19(23)14-24-18-12-10-17(11-13-18)22-25-20(2,3)21(4,5)26-22/h6-13H,14H2,1-5H3. The molecule has 0 N–H and O–H groups in total. The van der Waals surface area contributed by atoms with Crippen molar-refractivity contribution in [3.8, 4) is 5.75 Å². The van der Waals surface area contributed by atoms with Crippen LogP contribution in [0.25, 0.3) is 0 Å². The first-order valence-electron chi connectivity index (χ1n) is 8.86. The number of aryl methyl sites for hydroxylation is 1. The van der Waals surface area contributed by atoms with Gasteiger partial charge in [0.25, 0.3) is 0 Å². The van der Waals surface area contributed by atoms with E-state index in [9.17, 15) is 4.79 Å². The second kappa shape index (κ2) is 6.90. The van der Waals surface area contributed by atoms with Gasteiger partial charge in [-0.1, -0.05) is 42.0 Å². The van der Waals surface area contributed by atoms with Crippen molar-refractivity contribution in [3.63, 3.8) is 0 Å². The molecule has 0 unspecified atom stereocenters. The molecule has 0 saturated carbocycles. The third kappa shape index (κ3) is 3.84. The number of rotatable bonds is 5. The quantitative estimate of drug-likeness (QED) is 0.610. The Hall–Kier alpha value is -2.11. The summed E-state index contributed by atoms with van der Waals surface area (Å²) >= 11 is 0. The Morgan fingerprint density at radius 2 is 1.46 bits per heavy atom. The van der Waals surface area contributed by atoms with Crippen LogP contribution >= 0.6 is 0 Å². The maximum Gasteiger partial charge on any atom is 0.494 e. The first kappa shape index (κ1) is 18.7. The second-order valence-electron chi connectivity index (χ2n) is 7.74. The maximum atomic E-state index is 12.2.